The molecule has 0 atom stereocenters. The number of rotatable bonds is 4. The molecule has 0 heterocycles. The first-order valence-electron chi connectivity index (χ1n) is 5.91. The molecule has 0 amide bonds. The van der Waals surface area contributed by atoms with Crippen LogP contribution < -0.4 is 0 Å². The van der Waals surface area contributed by atoms with Crippen molar-refractivity contribution < 1.29 is 0 Å². The van der Waals surface area contributed by atoms with Crippen LogP contribution in [0.3, 0.4) is 0 Å². The predicted molar refractivity (Wildman–Crippen MR) is 59.0 cm³/mol. The standard InChI is InChI=1S/C12H25N/c1-4-12(11-13(3)5-2)9-7-6-8-10-12/h4-11H2,1-3H3. The molecule has 0 bridgehead atoms. The molecule has 0 aromatic carbocycles. The van der Waals surface area contributed by atoms with Crippen LogP contribution in [0.25, 0.3) is 0 Å². The van der Waals surface area contributed by atoms with Crippen LogP contribution in [0.15, 0.2) is 0 Å². The third kappa shape index (κ3) is 2.98. The fraction of sp³-hybridized carbons (Fsp3) is 1.00. The molecule has 0 unspecified atom stereocenters. The maximum atomic E-state index is 2.48. The van der Waals surface area contributed by atoms with Crippen molar-refractivity contribution in [2.45, 2.75) is 52.4 Å². The second kappa shape index (κ2) is 4.99. The molecule has 13 heavy (non-hydrogen) atoms. The minimum Gasteiger partial charge on any atom is -0.306 e. The maximum absolute atomic E-state index is 2.48. The van der Waals surface area contributed by atoms with Crippen molar-refractivity contribution >= 4 is 0 Å². The predicted octanol–water partition coefficient (Wildman–Crippen LogP) is 3.30. The van der Waals surface area contributed by atoms with Gasteiger partial charge in [0.15, 0.2) is 0 Å². The highest BCUT2D eigenvalue weighted by molar-refractivity contribution is 4.83. The molecule has 0 aliphatic heterocycles. The van der Waals surface area contributed by atoms with Crippen LogP contribution in [0.1, 0.15) is 52.4 Å². The van der Waals surface area contributed by atoms with Gasteiger partial charge in [-0.15, -0.1) is 0 Å². The van der Waals surface area contributed by atoms with E-state index in [1.54, 1.807) is 0 Å². The lowest BCUT2D eigenvalue weighted by molar-refractivity contribution is 0.118. The van der Waals surface area contributed by atoms with E-state index in [-0.39, 0.29) is 0 Å². The van der Waals surface area contributed by atoms with Crippen molar-refractivity contribution in [1.82, 2.24) is 4.90 Å². The number of nitrogens with zero attached hydrogens (tertiary/aromatic N) is 1. The summed E-state index contributed by atoms with van der Waals surface area (Å²) in [6, 6.07) is 0. The Morgan fingerprint density at radius 2 is 1.69 bits per heavy atom. The lowest BCUT2D eigenvalue weighted by Gasteiger charge is -2.39. The van der Waals surface area contributed by atoms with Gasteiger partial charge in [-0.2, -0.15) is 0 Å². The van der Waals surface area contributed by atoms with Gasteiger partial charge in [-0.3, -0.25) is 0 Å². The summed E-state index contributed by atoms with van der Waals surface area (Å²) in [4.78, 5) is 2.48. The van der Waals surface area contributed by atoms with Crippen LogP contribution in [0.4, 0.5) is 0 Å². The summed E-state index contributed by atoms with van der Waals surface area (Å²) >= 11 is 0. The Kier molecular flexibility index (Phi) is 4.24. The van der Waals surface area contributed by atoms with Crippen LogP contribution in [0.2, 0.25) is 0 Å². The number of hydrogen-bond acceptors (Lipinski definition) is 1. The van der Waals surface area contributed by atoms with E-state index in [1.807, 2.05) is 0 Å². The van der Waals surface area contributed by atoms with Crippen LogP contribution in [-0.2, 0) is 0 Å². The molecular weight excluding hydrogens is 158 g/mol. The Labute approximate surface area is 83.5 Å². The average molecular weight is 183 g/mol. The normalized spacial score (nSPS) is 22.2. The van der Waals surface area contributed by atoms with E-state index in [1.165, 1.54) is 51.6 Å². The SMILES string of the molecule is CCN(C)CC1(CC)CCCCC1. The highest BCUT2D eigenvalue weighted by atomic mass is 15.1. The Balaban J connectivity index is 2.47. The van der Waals surface area contributed by atoms with Crippen molar-refractivity contribution in [3.8, 4) is 0 Å². The van der Waals surface area contributed by atoms with E-state index in [9.17, 15) is 0 Å². The second-order valence-corrected chi connectivity index (χ2v) is 4.74. The molecule has 1 saturated carbocycles. The summed E-state index contributed by atoms with van der Waals surface area (Å²) in [5, 5.41) is 0. The summed E-state index contributed by atoms with van der Waals surface area (Å²) in [7, 11) is 2.26. The van der Waals surface area contributed by atoms with Crippen LogP contribution in [-0.4, -0.2) is 25.0 Å². The second-order valence-electron chi connectivity index (χ2n) is 4.74. The van der Waals surface area contributed by atoms with E-state index < -0.39 is 0 Å². The Morgan fingerprint density at radius 1 is 1.08 bits per heavy atom. The van der Waals surface area contributed by atoms with Gasteiger partial charge in [-0.05, 0) is 38.3 Å². The number of hydrogen-bond donors (Lipinski definition) is 0. The van der Waals surface area contributed by atoms with E-state index >= 15 is 0 Å². The lowest BCUT2D eigenvalue weighted by atomic mass is 9.72. The molecule has 0 saturated heterocycles. The van der Waals surface area contributed by atoms with E-state index in [0.717, 1.165) is 0 Å². The van der Waals surface area contributed by atoms with Crippen LogP contribution in [0, 0.1) is 5.41 Å². The molecule has 1 fully saturated rings. The fourth-order valence-electron chi connectivity index (χ4n) is 2.61. The average Bonchev–Trinajstić information content (AvgIpc) is 2.19. The summed E-state index contributed by atoms with van der Waals surface area (Å²) in [5.41, 5.74) is 0.670. The minimum absolute atomic E-state index is 0.670. The monoisotopic (exact) mass is 183 g/mol. The topological polar surface area (TPSA) is 3.24 Å². The van der Waals surface area contributed by atoms with E-state index in [4.69, 9.17) is 0 Å². The highest BCUT2D eigenvalue weighted by Crippen LogP contribution is 2.39. The lowest BCUT2D eigenvalue weighted by Crippen LogP contribution is -2.36. The zero-order chi connectivity index (χ0) is 9.73. The molecule has 1 aliphatic rings. The first-order valence-corrected chi connectivity index (χ1v) is 5.91. The summed E-state index contributed by atoms with van der Waals surface area (Å²) in [6.45, 7) is 7.14. The Hall–Kier alpha value is -0.0400. The Bertz CT molecular complexity index is 136. The first-order chi connectivity index (χ1) is 6.22. The van der Waals surface area contributed by atoms with Gasteiger partial charge in [0.25, 0.3) is 0 Å². The van der Waals surface area contributed by atoms with Gasteiger partial charge in [0.2, 0.25) is 0 Å². The van der Waals surface area contributed by atoms with Crippen molar-refractivity contribution in [2.75, 3.05) is 20.1 Å². The minimum atomic E-state index is 0.670. The zero-order valence-corrected chi connectivity index (χ0v) is 9.60. The van der Waals surface area contributed by atoms with Gasteiger partial charge >= 0.3 is 0 Å². The van der Waals surface area contributed by atoms with Gasteiger partial charge in [0.05, 0.1) is 0 Å². The molecule has 0 aromatic heterocycles. The van der Waals surface area contributed by atoms with Gasteiger partial charge in [0, 0.05) is 6.54 Å². The third-order valence-electron chi connectivity index (χ3n) is 3.81. The molecule has 1 nitrogen and oxygen atoms in total. The molecule has 0 aromatic rings. The van der Waals surface area contributed by atoms with Gasteiger partial charge < -0.3 is 4.90 Å². The van der Waals surface area contributed by atoms with Gasteiger partial charge in [-0.1, -0.05) is 33.1 Å². The molecule has 0 spiro atoms. The third-order valence-corrected chi connectivity index (χ3v) is 3.81. The molecule has 1 aliphatic carbocycles. The van der Waals surface area contributed by atoms with Crippen molar-refractivity contribution in [3.05, 3.63) is 0 Å². The first kappa shape index (κ1) is 11.0. The summed E-state index contributed by atoms with van der Waals surface area (Å²) in [5.74, 6) is 0. The quantitative estimate of drug-likeness (QED) is 0.646. The fourth-order valence-corrected chi connectivity index (χ4v) is 2.61. The van der Waals surface area contributed by atoms with Crippen molar-refractivity contribution in [3.63, 3.8) is 0 Å². The summed E-state index contributed by atoms with van der Waals surface area (Å²) in [6.07, 6.45) is 8.70. The summed E-state index contributed by atoms with van der Waals surface area (Å²) < 4.78 is 0. The van der Waals surface area contributed by atoms with Crippen LogP contribution >= 0.6 is 0 Å². The molecule has 0 radical (unpaired) electrons. The van der Waals surface area contributed by atoms with Crippen molar-refractivity contribution in [1.29, 1.82) is 0 Å². The van der Waals surface area contributed by atoms with E-state index in [0.29, 0.717) is 5.41 Å². The Morgan fingerprint density at radius 3 is 2.15 bits per heavy atom. The van der Waals surface area contributed by atoms with Crippen molar-refractivity contribution in [2.24, 2.45) is 5.41 Å². The van der Waals surface area contributed by atoms with E-state index in [2.05, 4.69) is 25.8 Å². The zero-order valence-electron chi connectivity index (χ0n) is 9.60. The highest BCUT2D eigenvalue weighted by Gasteiger charge is 2.30. The van der Waals surface area contributed by atoms with Gasteiger partial charge in [0.1, 0.15) is 0 Å². The molecule has 78 valence electrons. The molecule has 1 heteroatoms. The molecular formula is C12H25N. The smallest absolute Gasteiger partial charge is 0.00347 e. The largest absolute Gasteiger partial charge is 0.306 e. The molecule has 1 rings (SSSR count). The maximum Gasteiger partial charge on any atom is 0.00347 e. The van der Waals surface area contributed by atoms with Gasteiger partial charge in [-0.25, -0.2) is 0 Å². The van der Waals surface area contributed by atoms with Crippen LogP contribution in [0.5, 0.6) is 0 Å². The molecule has 0 N–H and O–H groups in total.